The van der Waals surface area contributed by atoms with Crippen LogP contribution >= 0.6 is 0 Å². The fourth-order valence-electron chi connectivity index (χ4n) is 3.82. The molecule has 2 heteroatoms. The normalized spacial score (nSPS) is 15.4. The summed E-state index contributed by atoms with van der Waals surface area (Å²) in [5.74, 6) is 0.0977. The third-order valence-corrected chi connectivity index (χ3v) is 4.96. The highest BCUT2D eigenvalue weighted by molar-refractivity contribution is 6.12. The second-order valence-corrected chi connectivity index (χ2v) is 6.37. The van der Waals surface area contributed by atoms with Gasteiger partial charge in [0.05, 0.1) is 0 Å². The molecule has 0 spiro atoms. The van der Waals surface area contributed by atoms with Gasteiger partial charge in [-0.1, -0.05) is 78.4 Å². The van der Waals surface area contributed by atoms with Crippen molar-refractivity contribution >= 4 is 11.6 Å². The summed E-state index contributed by atoms with van der Waals surface area (Å²) in [4.78, 5) is 15.3. The van der Waals surface area contributed by atoms with Gasteiger partial charge < -0.3 is 4.90 Å². The number of hydrogen-bond acceptors (Lipinski definition) is 1. The number of benzene rings is 3. The second-order valence-electron chi connectivity index (χ2n) is 6.37. The SMILES string of the molecule is Cc1ccc2c(c1)C(c1ccccc1)(c1ccccc1)C(=O)N2C. The maximum Gasteiger partial charge on any atom is 0.246 e. The number of amides is 1. The number of likely N-dealkylation sites (N-methyl/N-ethyl adjacent to an activating group) is 1. The molecule has 0 bridgehead atoms. The van der Waals surface area contributed by atoms with Crippen molar-refractivity contribution in [2.75, 3.05) is 11.9 Å². The van der Waals surface area contributed by atoms with Crippen LogP contribution in [0.15, 0.2) is 78.9 Å². The lowest BCUT2D eigenvalue weighted by molar-refractivity contribution is -0.120. The Balaban J connectivity index is 2.13. The molecule has 0 saturated carbocycles. The van der Waals surface area contributed by atoms with E-state index in [1.807, 2.05) is 43.4 Å². The number of rotatable bonds is 2. The van der Waals surface area contributed by atoms with E-state index in [2.05, 4.69) is 49.4 Å². The molecule has 1 amide bonds. The second kappa shape index (κ2) is 5.34. The summed E-state index contributed by atoms with van der Waals surface area (Å²) in [5, 5.41) is 0. The van der Waals surface area contributed by atoms with Gasteiger partial charge in [0, 0.05) is 18.3 Å². The van der Waals surface area contributed by atoms with Crippen molar-refractivity contribution in [1.82, 2.24) is 0 Å². The van der Waals surface area contributed by atoms with E-state index in [-0.39, 0.29) is 5.91 Å². The molecule has 1 aliphatic heterocycles. The predicted molar refractivity (Wildman–Crippen MR) is 97.4 cm³/mol. The van der Waals surface area contributed by atoms with Gasteiger partial charge in [-0.2, -0.15) is 0 Å². The van der Waals surface area contributed by atoms with Crippen LogP contribution in [0.4, 0.5) is 5.69 Å². The number of carbonyl (C=O) groups excluding carboxylic acids is 1. The van der Waals surface area contributed by atoms with Gasteiger partial charge in [0.15, 0.2) is 0 Å². The first kappa shape index (κ1) is 14.7. The van der Waals surface area contributed by atoms with Gasteiger partial charge in [-0.3, -0.25) is 4.79 Å². The molecule has 24 heavy (non-hydrogen) atoms. The number of anilines is 1. The minimum absolute atomic E-state index is 0.0977. The van der Waals surface area contributed by atoms with Gasteiger partial charge >= 0.3 is 0 Å². The van der Waals surface area contributed by atoms with Crippen molar-refractivity contribution < 1.29 is 4.79 Å². The molecule has 0 aromatic heterocycles. The smallest absolute Gasteiger partial charge is 0.246 e. The van der Waals surface area contributed by atoms with Crippen LogP contribution in [0, 0.1) is 6.92 Å². The first-order chi connectivity index (χ1) is 11.7. The van der Waals surface area contributed by atoms with Crippen LogP contribution in [0.1, 0.15) is 22.3 Å². The van der Waals surface area contributed by atoms with Gasteiger partial charge in [-0.25, -0.2) is 0 Å². The number of aryl methyl sites for hydroxylation is 1. The summed E-state index contributed by atoms with van der Waals surface area (Å²) in [5.41, 5.74) is 4.45. The molecule has 0 N–H and O–H groups in total. The minimum Gasteiger partial charge on any atom is -0.314 e. The van der Waals surface area contributed by atoms with Gasteiger partial charge in [0.25, 0.3) is 0 Å². The lowest BCUT2D eigenvalue weighted by Crippen LogP contribution is -2.40. The largest absolute Gasteiger partial charge is 0.314 e. The van der Waals surface area contributed by atoms with E-state index >= 15 is 0 Å². The van der Waals surface area contributed by atoms with E-state index in [9.17, 15) is 4.79 Å². The molecule has 4 rings (SSSR count). The van der Waals surface area contributed by atoms with Gasteiger partial charge in [-0.15, -0.1) is 0 Å². The average Bonchev–Trinajstić information content (AvgIpc) is 2.85. The molecule has 0 atom stereocenters. The molecule has 0 aliphatic carbocycles. The summed E-state index contributed by atoms with van der Waals surface area (Å²) in [7, 11) is 1.87. The van der Waals surface area contributed by atoms with Crippen molar-refractivity contribution in [3.63, 3.8) is 0 Å². The molecule has 0 fully saturated rings. The van der Waals surface area contributed by atoms with E-state index < -0.39 is 5.41 Å². The summed E-state index contributed by atoms with van der Waals surface area (Å²) in [6.07, 6.45) is 0. The maximum absolute atomic E-state index is 13.5. The number of hydrogen-bond donors (Lipinski definition) is 0. The maximum atomic E-state index is 13.5. The van der Waals surface area contributed by atoms with Crippen LogP contribution < -0.4 is 4.90 Å². The highest BCUT2D eigenvalue weighted by Gasteiger charge is 2.52. The van der Waals surface area contributed by atoms with E-state index in [1.165, 1.54) is 0 Å². The Morgan fingerprint density at radius 2 is 1.33 bits per heavy atom. The van der Waals surface area contributed by atoms with Gasteiger partial charge in [0.2, 0.25) is 5.91 Å². The Morgan fingerprint density at radius 3 is 1.88 bits per heavy atom. The summed E-state index contributed by atoms with van der Waals surface area (Å²) in [6.45, 7) is 2.07. The molecule has 1 aliphatic rings. The van der Waals surface area contributed by atoms with Crippen molar-refractivity contribution in [2.45, 2.75) is 12.3 Å². The fourth-order valence-corrected chi connectivity index (χ4v) is 3.82. The van der Waals surface area contributed by atoms with Crippen molar-refractivity contribution in [3.05, 3.63) is 101 Å². The van der Waals surface area contributed by atoms with Crippen LogP contribution in [-0.4, -0.2) is 13.0 Å². The van der Waals surface area contributed by atoms with Crippen LogP contribution in [0.5, 0.6) is 0 Å². The Hall–Kier alpha value is -2.87. The zero-order chi connectivity index (χ0) is 16.7. The predicted octanol–water partition coefficient (Wildman–Crippen LogP) is 4.31. The monoisotopic (exact) mass is 313 g/mol. The quantitative estimate of drug-likeness (QED) is 0.690. The molecular formula is C22H19NO. The van der Waals surface area contributed by atoms with Crippen molar-refractivity contribution in [3.8, 4) is 0 Å². The summed E-state index contributed by atoms with van der Waals surface area (Å²) >= 11 is 0. The topological polar surface area (TPSA) is 20.3 Å². The van der Waals surface area contributed by atoms with Gasteiger partial charge in [-0.05, 0) is 24.1 Å². The third kappa shape index (κ3) is 1.86. The van der Waals surface area contributed by atoms with E-state index in [0.29, 0.717) is 0 Å². The Morgan fingerprint density at radius 1 is 0.792 bits per heavy atom. The fraction of sp³-hybridized carbons (Fsp3) is 0.136. The molecular weight excluding hydrogens is 294 g/mol. The summed E-state index contributed by atoms with van der Waals surface area (Å²) < 4.78 is 0. The molecule has 0 unspecified atom stereocenters. The minimum atomic E-state index is -0.779. The first-order valence-electron chi connectivity index (χ1n) is 8.16. The molecule has 0 radical (unpaired) electrons. The molecule has 2 nitrogen and oxygen atoms in total. The number of carbonyl (C=O) groups is 1. The van der Waals surface area contributed by atoms with Gasteiger partial charge in [0.1, 0.15) is 5.41 Å². The molecule has 118 valence electrons. The molecule has 0 saturated heterocycles. The highest BCUT2D eigenvalue weighted by atomic mass is 16.2. The first-order valence-corrected chi connectivity index (χ1v) is 8.16. The van der Waals surface area contributed by atoms with Crippen LogP contribution in [0.2, 0.25) is 0 Å². The Bertz CT molecular complexity index is 860. The Kier molecular flexibility index (Phi) is 3.27. The van der Waals surface area contributed by atoms with Crippen LogP contribution in [-0.2, 0) is 10.2 Å². The van der Waals surface area contributed by atoms with E-state index in [1.54, 1.807) is 4.90 Å². The standard InChI is InChI=1S/C22H19NO/c1-16-13-14-20-19(15-16)22(21(24)23(20)2,17-9-5-3-6-10-17)18-11-7-4-8-12-18/h3-15H,1-2H3. The third-order valence-electron chi connectivity index (χ3n) is 4.96. The molecule has 3 aromatic rings. The van der Waals surface area contributed by atoms with E-state index in [0.717, 1.165) is 27.9 Å². The highest BCUT2D eigenvalue weighted by Crippen LogP contribution is 2.49. The van der Waals surface area contributed by atoms with Crippen LogP contribution in [0.25, 0.3) is 0 Å². The molecule has 3 aromatic carbocycles. The number of nitrogens with zero attached hydrogens (tertiary/aromatic N) is 1. The zero-order valence-electron chi connectivity index (χ0n) is 13.9. The number of fused-ring (bicyclic) bond motifs is 1. The molecule has 1 heterocycles. The zero-order valence-corrected chi connectivity index (χ0v) is 13.9. The average molecular weight is 313 g/mol. The van der Waals surface area contributed by atoms with Crippen LogP contribution in [0.3, 0.4) is 0 Å². The lowest BCUT2D eigenvalue weighted by atomic mass is 9.70. The Labute approximate surface area is 142 Å². The van der Waals surface area contributed by atoms with Crippen molar-refractivity contribution in [2.24, 2.45) is 0 Å². The summed E-state index contributed by atoms with van der Waals surface area (Å²) in [6, 6.07) is 26.5. The van der Waals surface area contributed by atoms with E-state index in [4.69, 9.17) is 0 Å². The van der Waals surface area contributed by atoms with Crippen molar-refractivity contribution in [1.29, 1.82) is 0 Å². The lowest BCUT2D eigenvalue weighted by Gasteiger charge is -2.30.